The molecule has 0 amide bonds. The maximum Gasteiger partial charge on any atom is 0.206 e. The lowest BCUT2D eigenvalue weighted by molar-refractivity contribution is -0.0171. The summed E-state index contributed by atoms with van der Waals surface area (Å²) in [6, 6.07) is 2.97. The van der Waals surface area contributed by atoms with Crippen molar-refractivity contribution < 1.29 is 13.9 Å². The largest absolute Gasteiger partial charge is 0.467 e. The van der Waals surface area contributed by atoms with E-state index in [1.165, 1.54) is 35.2 Å². The van der Waals surface area contributed by atoms with E-state index in [2.05, 4.69) is 22.4 Å². The van der Waals surface area contributed by atoms with Gasteiger partial charge in [-0.15, -0.1) is 10.2 Å². The second-order valence-corrected chi connectivity index (χ2v) is 6.95. The van der Waals surface area contributed by atoms with Gasteiger partial charge in [0.05, 0.1) is 6.61 Å². The molecule has 0 bridgehead atoms. The van der Waals surface area contributed by atoms with Gasteiger partial charge < -0.3 is 14.8 Å². The zero-order chi connectivity index (χ0) is 15.4. The Hall–Kier alpha value is -1.38. The summed E-state index contributed by atoms with van der Waals surface area (Å²) >= 11 is 3.03. The fraction of sp³-hybridized carbons (Fsp3) is 0.429. The average molecular weight is 341 g/mol. The maximum absolute atomic E-state index is 13.7. The number of ether oxygens (including phenoxy) is 2. The number of nitrogens with one attached hydrogen (secondary N) is 1. The van der Waals surface area contributed by atoms with Crippen molar-refractivity contribution in [1.29, 1.82) is 0 Å². The van der Waals surface area contributed by atoms with Gasteiger partial charge in [-0.05, 0) is 18.6 Å². The van der Waals surface area contributed by atoms with Crippen LogP contribution in [0, 0.1) is 5.82 Å². The molecule has 8 heteroatoms. The standard InChI is InChI=1S/C14H16FN3O2S2/c1-2-3-16-13-17-18-14(22-13)21-7-10-5-11(15)4-9-6-19-8-20-12(9)10/h4-5H,2-3,6-8H2,1H3,(H,16,17). The van der Waals surface area contributed by atoms with Crippen LogP contribution >= 0.6 is 23.1 Å². The summed E-state index contributed by atoms with van der Waals surface area (Å²) in [5, 5.41) is 12.2. The molecule has 22 heavy (non-hydrogen) atoms. The molecule has 1 aromatic heterocycles. The third kappa shape index (κ3) is 3.68. The van der Waals surface area contributed by atoms with Crippen LogP contribution in [0.15, 0.2) is 16.5 Å². The Morgan fingerprint density at radius 1 is 1.41 bits per heavy atom. The second kappa shape index (κ2) is 7.26. The summed E-state index contributed by atoms with van der Waals surface area (Å²) in [5.41, 5.74) is 1.57. The molecular weight excluding hydrogens is 325 g/mol. The van der Waals surface area contributed by atoms with Gasteiger partial charge in [0.2, 0.25) is 5.13 Å². The monoisotopic (exact) mass is 341 g/mol. The molecule has 0 atom stereocenters. The highest BCUT2D eigenvalue weighted by molar-refractivity contribution is 8.00. The summed E-state index contributed by atoms with van der Waals surface area (Å²) in [7, 11) is 0. The van der Waals surface area contributed by atoms with E-state index in [-0.39, 0.29) is 12.6 Å². The molecule has 0 aliphatic carbocycles. The van der Waals surface area contributed by atoms with Gasteiger partial charge in [-0.1, -0.05) is 30.0 Å². The molecule has 0 spiro atoms. The van der Waals surface area contributed by atoms with Crippen molar-refractivity contribution in [2.75, 3.05) is 18.7 Å². The maximum atomic E-state index is 13.7. The van der Waals surface area contributed by atoms with Gasteiger partial charge in [-0.3, -0.25) is 0 Å². The normalized spacial score (nSPS) is 13.5. The number of anilines is 1. The van der Waals surface area contributed by atoms with E-state index in [1.807, 2.05) is 0 Å². The first-order valence-corrected chi connectivity index (χ1v) is 8.78. The van der Waals surface area contributed by atoms with Crippen LogP contribution in [0.2, 0.25) is 0 Å². The predicted octanol–water partition coefficient (Wildman–Crippen LogP) is 3.66. The highest BCUT2D eigenvalue weighted by Crippen LogP contribution is 2.35. The molecule has 118 valence electrons. The summed E-state index contributed by atoms with van der Waals surface area (Å²) in [6.45, 7) is 3.57. The van der Waals surface area contributed by atoms with E-state index >= 15 is 0 Å². The number of thioether (sulfide) groups is 1. The van der Waals surface area contributed by atoms with E-state index in [0.717, 1.165) is 39.3 Å². The van der Waals surface area contributed by atoms with E-state index in [1.54, 1.807) is 0 Å². The van der Waals surface area contributed by atoms with Gasteiger partial charge in [0.1, 0.15) is 11.6 Å². The summed E-state index contributed by atoms with van der Waals surface area (Å²) in [6.07, 6.45) is 1.04. The first-order valence-electron chi connectivity index (χ1n) is 6.98. The molecule has 1 aliphatic heterocycles. The van der Waals surface area contributed by atoms with Crippen LogP contribution in [0.4, 0.5) is 9.52 Å². The minimum Gasteiger partial charge on any atom is -0.467 e. The number of fused-ring (bicyclic) bond motifs is 1. The smallest absolute Gasteiger partial charge is 0.206 e. The van der Waals surface area contributed by atoms with Crippen LogP contribution < -0.4 is 10.1 Å². The lowest BCUT2D eigenvalue weighted by Crippen LogP contribution is -2.13. The van der Waals surface area contributed by atoms with Crippen LogP contribution in [0.1, 0.15) is 24.5 Å². The van der Waals surface area contributed by atoms with Gasteiger partial charge in [-0.25, -0.2) is 4.39 Å². The molecule has 3 rings (SSSR count). The van der Waals surface area contributed by atoms with Crippen molar-refractivity contribution in [3.05, 3.63) is 29.1 Å². The number of nitrogens with zero attached hydrogens (tertiary/aromatic N) is 2. The predicted molar refractivity (Wildman–Crippen MR) is 84.9 cm³/mol. The molecule has 0 radical (unpaired) electrons. The molecule has 0 saturated carbocycles. The van der Waals surface area contributed by atoms with Crippen LogP contribution in [0.3, 0.4) is 0 Å². The Morgan fingerprint density at radius 3 is 3.18 bits per heavy atom. The van der Waals surface area contributed by atoms with Crippen molar-refractivity contribution in [2.45, 2.75) is 30.0 Å². The zero-order valence-corrected chi connectivity index (χ0v) is 13.7. The van der Waals surface area contributed by atoms with Crippen molar-refractivity contribution in [3.63, 3.8) is 0 Å². The lowest BCUT2D eigenvalue weighted by Gasteiger charge is -2.20. The number of hydrogen-bond donors (Lipinski definition) is 1. The summed E-state index contributed by atoms with van der Waals surface area (Å²) in [5.74, 6) is 1.04. The number of aromatic nitrogens is 2. The van der Waals surface area contributed by atoms with Gasteiger partial charge >= 0.3 is 0 Å². The highest BCUT2D eigenvalue weighted by Gasteiger charge is 2.17. The molecule has 2 heterocycles. The fourth-order valence-electron chi connectivity index (χ4n) is 2.07. The Kier molecular flexibility index (Phi) is 5.12. The van der Waals surface area contributed by atoms with E-state index in [4.69, 9.17) is 9.47 Å². The molecule has 1 N–H and O–H groups in total. The van der Waals surface area contributed by atoms with Crippen molar-refractivity contribution in [1.82, 2.24) is 10.2 Å². The number of hydrogen-bond acceptors (Lipinski definition) is 7. The topological polar surface area (TPSA) is 56.3 Å². The minimum absolute atomic E-state index is 0.209. The van der Waals surface area contributed by atoms with Gasteiger partial charge in [0, 0.05) is 23.4 Å². The Labute approximate surface area is 136 Å². The van der Waals surface area contributed by atoms with E-state index in [0.29, 0.717) is 12.4 Å². The molecule has 0 fully saturated rings. The van der Waals surface area contributed by atoms with E-state index < -0.39 is 0 Å². The van der Waals surface area contributed by atoms with Crippen LogP contribution in [-0.4, -0.2) is 23.5 Å². The first-order chi connectivity index (χ1) is 10.8. The molecule has 1 aliphatic rings. The van der Waals surface area contributed by atoms with Crippen LogP contribution in [0.25, 0.3) is 0 Å². The SMILES string of the molecule is CCCNc1nnc(SCc2cc(F)cc3c2OCOC3)s1. The van der Waals surface area contributed by atoms with Crippen molar-refractivity contribution in [3.8, 4) is 5.75 Å². The zero-order valence-electron chi connectivity index (χ0n) is 12.1. The van der Waals surface area contributed by atoms with Crippen molar-refractivity contribution in [2.24, 2.45) is 0 Å². The minimum atomic E-state index is -0.272. The fourth-order valence-corrected chi connectivity index (χ4v) is 3.82. The van der Waals surface area contributed by atoms with Gasteiger partial charge in [0.15, 0.2) is 11.1 Å². The van der Waals surface area contributed by atoms with Crippen molar-refractivity contribution >= 4 is 28.2 Å². The van der Waals surface area contributed by atoms with Crippen LogP contribution in [0.5, 0.6) is 5.75 Å². The second-order valence-electron chi connectivity index (χ2n) is 4.75. The molecule has 2 aromatic rings. The number of rotatable bonds is 6. The molecule has 0 unspecified atom stereocenters. The first kappa shape index (κ1) is 15.5. The van der Waals surface area contributed by atoms with Gasteiger partial charge in [-0.2, -0.15) is 0 Å². The Balaban J connectivity index is 1.68. The Bertz CT molecular complexity index is 651. The number of benzene rings is 1. The highest BCUT2D eigenvalue weighted by atomic mass is 32.2. The van der Waals surface area contributed by atoms with Crippen LogP contribution in [-0.2, 0) is 17.1 Å². The molecule has 1 aromatic carbocycles. The Morgan fingerprint density at radius 2 is 2.32 bits per heavy atom. The third-order valence-electron chi connectivity index (χ3n) is 3.04. The van der Waals surface area contributed by atoms with E-state index in [9.17, 15) is 4.39 Å². The molecule has 5 nitrogen and oxygen atoms in total. The molecular formula is C14H16FN3O2S2. The average Bonchev–Trinajstić information content (AvgIpc) is 2.98. The molecule has 0 saturated heterocycles. The quantitative estimate of drug-likeness (QED) is 0.809. The summed E-state index contributed by atoms with van der Waals surface area (Å²) in [4.78, 5) is 0. The van der Waals surface area contributed by atoms with Gasteiger partial charge in [0.25, 0.3) is 0 Å². The lowest BCUT2D eigenvalue weighted by atomic mass is 10.1. The third-order valence-corrected chi connectivity index (χ3v) is 5.10. The summed E-state index contributed by atoms with van der Waals surface area (Å²) < 4.78 is 25.2. The number of halogens is 1.